The van der Waals surface area contributed by atoms with Crippen molar-refractivity contribution in [3.8, 4) is 0 Å². The van der Waals surface area contributed by atoms with E-state index in [0.29, 0.717) is 0 Å². The molecule has 0 saturated carbocycles. The number of hydrogen-bond acceptors (Lipinski definition) is 0. The molecule has 0 aliphatic carbocycles. The van der Waals surface area contributed by atoms with Gasteiger partial charge in [0.05, 0.1) is 0 Å². The van der Waals surface area contributed by atoms with E-state index in [1.54, 1.807) is 0 Å². The van der Waals surface area contributed by atoms with E-state index in [9.17, 15) is 0 Å². The second kappa shape index (κ2) is 7.69. The molecule has 0 spiro atoms. The molecule has 0 fully saturated rings. The van der Waals surface area contributed by atoms with E-state index in [1.807, 2.05) is 43.3 Å². The molecule has 1 aromatic rings. The molecule has 0 radical (unpaired) electrons. The molecule has 13 heavy (non-hydrogen) atoms. The Morgan fingerprint density at radius 3 is 1.23 bits per heavy atom. The molecule has 0 atom stereocenters. The molecule has 0 aliphatic rings. The van der Waals surface area contributed by atoms with Gasteiger partial charge in [0.15, 0.2) is 0 Å². The summed E-state index contributed by atoms with van der Waals surface area (Å²) in [7, 11) is 0. The Morgan fingerprint density at radius 2 is 1.15 bits per heavy atom. The monoisotopic (exact) mass is 254 g/mol. The van der Waals surface area contributed by atoms with Crippen LogP contribution in [0.15, 0.2) is 36.4 Å². The Bertz CT molecular complexity index is 169. The molecule has 0 heterocycles. The molecule has 1 aromatic carbocycles. The minimum atomic E-state index is -2.24. The standard InChI is InChI=1S/C6H6.C3H7Cl3Si/c1-2-4-6-5-3-1;1-2-3-7(4,5)6/h1-6H;2-3H2,1H3. The highest BCUT2D eigenvalue weighted by atomic mass is 35.8. The van der Waals surface area contributed by atoms with Gasteiger partial charge in [0.2, 0.25) is 0 Å². The number of benzene rings is 1. The van der Waals surface area contributed by atoms with Gasteiger partial charge in [-0.25, -0.2) is 0 Å². The van der Waals surface area contributed by atoms with Crippen molar-refractivity contribution in [2.45, 2.75) is 19.4 Å². The van der Waals surface area contributed by atoms with Crippen molar-refractivity contribution in [3.63, 3.8) is 0 Å². The van der Waals surface area contributed by atoms with E-state index in [0.717, 1.165) is 12.5 Å². The summed E-state index contributed by atoms with van der Waals surface area (Å²) in [5.74, 6) is 0. The zero-order valence-corrected chi connectivity index (χ0v) is 10.8. The lowest BCUT2D eigenvalue weighted by Gasteiger charge is -2.01. The van der Waals surface area contributed by atoms with Crippen LogP contribution in [0.4, 0.5) is 0 Å². The van der Waals surface area contributed by atoms with Gasteiger partial charge in [-0.2, -0.15) is 0 Å². The zero-order chi connectivity index (χ0) is 10.2. The fraction of sp³-hybridized carbons (Fsp3) is 0.333. The minimum absolute atomic E-state index is 0.775. The molecule has 74 valence electrons. The van der Waals surface area contributed by atoms with Crippen LogP contribution in [0.3, 0.4) is 0 Å². The van der Waals surface area contributed by atoms with Crippen molar-refractivity contribution in [1.29, 1.82) is 0 Å². The van der Waals surface area contributed by atoms with Crippen molar-refractivity contribution in [3.05, 3.63) is 36.4 Å². The lowest BCUT2D eigenvalue weighted by molar-refractivity contribution is 1.07. The fourth-order valence-electron chi connectivity index (χ4n) is 0.668. The van der Waals surface area contributed by atoms with Crippen LogP contribution in [0.25, 0.3) is 0 Å². The predicted molar refractivity (Wildman–Crippen MR) is 64.9 cm³/mol. The van der Waals surface area contributed by atoms with Gasteiger partial charge in [-0.15, -0.1) is 33.2 Å². The quantitative estimate of drug-likeness (QED) is 0.529. The van der Waals surface area contributed by atoms with Crippen LogP contribution in [0.1, 0.15) is 13.3 Å². The van der Waals surface area contributed by atoms with Crippen molar-refractivity contribution in [2.75, 3.05) is 0 Å². The van der Waals surface area contributed by atoms with Crippen LogP contribution in [-0.4, -0.2) is 6.00 Å². The molecule has 1 rings (SSSR count). The third-order valence-corrected chi connectivity index (χ3v) is 3.97. The summed E-state index contributed by atoms with van der Waals surface area (Å²) in [6.07, 6.45) is 0.975. The Kier molecular flexibility index (Phi) is 7.87. The minimum Gasteiger partial charge on any atom is -0.126 e. The predicted octanol–water partition coefficient (Wildman–Crippen LogP) is 4.74. The summed E-state index contributed by atoms with van der Waals surface area (Å²) < 4.78 is 0. The molecule has 4 heteroatoms. The summed E-state index contributed by atoms with van der Waals surface area (Å²) >= 11 is 16.5. The third kappa shape index (κ3) is 12.3. The van der Waals surface area contributed by atoms with Crippen molar-refractivity contribution in [2.24, 2.45) is 0 Å². The Hall–Kier alpha value is 0.307. The molecular weight excluding hydrogens is 243 g/mol. The molecule has 0 bridgehead atoms. The molecular formula is C9H13Cl3Si. The van der Waals surface area contributed by atoms with E-state index in [2.05, 4.69) is 0 Å². The average molecular weight is 256 g/mol. The normalized spacial score (nSPS) is 10.2. The maximum atomic E-state index is 5.50. The first kappa shape index (κ1) is 13.3. The second-order valence-corrected chi connectivity index (χ2v) is 11.8. The third-order valence-electron chi connectivity index (χ3n) is 1.20. The molecule has 0 amide bonds. The summed E-state index contributed by atoms with van der Waals surface area (Å²) in [5.41, 5.74) is 0. The lowest BCUT2D eigenvalue weighted by Crippen LogP contribution is -2.06. The van der Waals surface area contributed by atoms with Gasteiger partial charge in [-0.1, -0.05) is 49.7 Å². The molecule has 0 aliphatic heterocycles. The van der Waals surface area contributed by atoms with Gasteiger partial charge >= 0.3 is 6.00 Å². The first-order valence-corrected chi connectivity index (χ1v) is 9.37. The smallest absolute Gasteiger partial charge is 0.126 e. The van der Waals surface area contributed by atoms with Crippen LogP contribution in [0.2, 0.25) is 6.04 Å². The number of rotatable bonds is 2. The van der Waals surface area contributed by atoms with Crippen LogP contribution in [0.5, 0.6) is 0 Å². The molecule has 0 nitrogen and oxygen atoms in total. The van der Waals surface area contributed by atoms with E-state index in [1.165, 1.54) is 0 Å². The maximum absolute atomic E-state index is 5.50. The van der Waals surface area contributed by atoms with Crippen molar-refractivity contribution >= 4 is 39.2 Å². The van der Waals surface area contributed by atoms with E-state index in [-0.39, 0.29) is 0 Å². The Morgan fingerprint density at radius 1 is 0.846 bits per heavy atom. The zero-order valence-electron chi connectivity index (χ0n) is 7.51. The van der Waals surface area contributed by atoms with Crippen LogP contribution >= 0.6 is 33.2 Å². The average Bonchev–Trinajstić information content (AvgIpc) is 2.06. The van der Waals surface area contributed by atoms with Gasteiger partial charge in [-0.05, 0) is 6.04 Å². The number of halogens is 3. The molecule has 0 unspecified atom stereocenters. The Labute approximate surface area is 94.9 Å². The largest absolute Gasteiger partial charge is 0.341 e. The lowest BCUT2D eigenvalue weighted by atomic mass is 10.4. The first-order chi connectivity index (χ1) is 6.06. The highest BCUT2D eigenvalue weighted by Crippen LogP contribution is 2.25. The van der Waals surface area contributed by atoms with Gasteiger partial charge in [0.1, 0.15) is 0 Å². The molecule has 0 saturated heterocycles. The van der Waals surface area contributed by atoms with Gasteiger partial charge in [0.25, 0.3) is 0 Å². The topological polar surface area (TPSA) is 0 Å². The van der Waals surface area contributed by atoms with Gasteiger partial charge < -0.3 is 0 Å². The summed E-state index contributed by atoms with van der Waals surface area (Å²) in [5, 5.41) is 0. The van der Waals surface area contributed by atoms with Crippen molar-refractivity contribution < 1.29 is 0 Å². The first-order valence-electron chi connectivity index (χ1n) is 4.13. The highest BCUT2D eigenvalue weighted by molar-refractivity contribution is 7.64. The summed E-state index contributed by atoms with van der Waals surface area (Å²) in [6, 6.07) is 10.5. The van der Waals surface area contributed by atoms with E-state index in [4.69, 9.17) is 33.2 Å². The fourth-order valence-corrected chi connectivity index (χ4v) is 2.94. The summed E-state index contributed by atoms with van der Waals surface area (Å²) in [4.78, 5) is 0. The maximum Gasteiger partial charge on any atom is 0.341 e. The van der Waals surface area contributed by atoms with E-state index < -0.39 is 6.00 Å². The van der Waals surface area contributed by atoms with Crippen LogP contribution < -0.4 is 0 Å². The summed E-state index contributed by atoms with van der Waals surface area (Å²) in [6.45, 7) is 2.01. The SMILES string of the molecule is CCC[Si](Cl)(Cl)Cl.c1ccccc1. The van der Waals surface area contributed by atoms with E-state index >= 15 is 0 Å². The Balaban J connectivity index is 0.000000223. The van der Waals surface area contributed by atoms with Gasteiger partial charge in [-0.3, -0.25) is 0 Å². The van der Waals surface area contributed by atoms with Gasteiger partial charge in [0, 0.05) is 0 Å². The van der Waals surface area contributed by atoms with Crippen LogP contribution in [-0.2, 0) is 0 Å². The highest BCUT2D eigenvalue weighted by Gasteiger charge is 2.22. The van der Waals surface area contributed by atoms with Crippen LogP contribution in [0, 0.1) is 0 Å². The molecule has 0 aromatic heterocycles. The second-order valence-electron chi connectivity index (χ2n) is 2.52. The molecule has 0 N–H and O–H groups in total. The van der Waals surface area contributed by atoms with Crippen molar-refractivity contribution in [1.82, 2.24) is 0 Å². The number of hydrogen-bond donors (Lipinski definition) is 0.